The number of carboxylic acids is 1. The van der Waals surface area contributed by atoms with Gasteiger partial charge < -0.3 is 5.11 Å². The van der Waals surface area contributed by atoms with Gasteiger partial charge in [-0.15, -0.1) is 0 Å². The summed E-state index contributed by atoms with van der Waals surface area (Å²) in [5.74, 6) is -0.954. The van der Waals surface area contributed by atoms with Gasteiger partial charge in [-0.05, 0) is 5.56 Å². The molecule has 1 aromatic carbocycles. The van der Waals surface area contributed by atoms with Gasteiger partial charge in [0, 0.05) is 24.6 Å². The zero-order chi connectivity index (χ0) is 11.3. The predicted octanol–water partition coefficient (Wildman–Crippen LogP) is 1.69. The highest BCUT2D eigenvalue weighted by atomic mass is 16.4. The van der Waals surface area contributed by atoms with Crippen molar-refractivity contribution in [3.8, 4) is 11.3 Å². The molecule has 0 atom stereocenters. The van der Waals surface area contributed by atoms with E-state index in [0.717, 1.165) is 16.8 Å². The molecule has 0 saturated heterocycles. The van der Waals surface area contributed by atoms with E-state index < -0.39 is 5.97 Å². The molecule has 1 aromatic heterocycles. The number of fused-ring (bicyclic) bond motifs is 3. The molecule has 4 nitrogen and oxygen atoms in total. The lowest BCUT2D eigenvalue weighted by Crippen LogP contribution is -2.02. The van der Waals surface area contributed by atoms with Gasteiger partial charge in [0.05, 0.1) is 5.69 Å². The van der Waals surface area contributed by atoms with E-state index in [2.05, 4.69) is 5.10 Å². The van der Waals surface area contributed by atoms with E-state index in [0.29, 0.717) is 6.42 Å². The number of carboxylic acid groups (broad SMARTS) is 1. The third kappa shape index (κ3) is 1.04. The number of rotatable bonds is 1. The van der Waals surface area contributed by atoms with Crippen molar-refractivity contribution in [1.82, 2.24) is 9.78 Å². The van der Waals surface area contributed by atoms with Crippen LogP contribution < -0.4 is 0 Å². The molecule has 16 heavy (non-hydrogen) atoms. The fourth-order valence-electron chi connectivity index (χ4n) is 2.34. The third-order valence-electron chi connectivity index (χ3n) is 2.99. The van der Waals surface area contributed by atoms with E-state index in [9.17, 15) is 4.79 Å². The molecular formula is C12H10N2O2. The lowest BCUT2D eigenvalue weighted by Gasteiger charge is -2.00. The van der Waals surface area contributed by atoms with Gasteiger partial charge in [0.25, 0.3) is 0 Å². The molecule has 3 rings (SSSR count). The first-order chi connectivity index (χ1) is 7.68. The molecule has 1 heterocycles. The second-order valence-corrected chi connectivity index (χ2v) is 3.94. The van der Waals surface area contributed by atoms with E-state index >= 15 is 0 Å². The Bertz CT molecular complexity index is 599. The van der Waals surface area contributed by atoms with Crippen LogP contribution in [-0.4, -0.2) is 20.9 Å². The Balaban J connectivity index is 2.30. The molecule has 0 bridgehead atoms. The number of aromatic carboxylic acids is 1. The standard InChI is InChI=1S/C12H10N2O2/c1-14-11-8-5-3-2-4-7(8)6-9(11)10(13-14)12(15)16/h2-5H,6H2,1H3,(H,15,16). The van der Waals surface area contributed by atoms with E-state index in [-0.39, 0.29) is 5.69 Å². The highest BCUT2D eigenvalue weighted by molar-refractivity contribution is 5.91. The second kappa shape index (κ2) is 2.95. The molecule has 0 fully saturated rings. The Kier molecular flexibility index (Phi) is 1.68. The number of aromatic nitrogens is 2. The van der Waals surface area contributed by atoms with Crippen molar-refractivity contribution in [2.75, 3.05) is 0 Å². The van der Waals surface area contributed by atoms with Crippen molar-refractivity contribution in [2.24, 2.45) is 7.05 Å². The molecule has 80 valence electrons. The summed E-state index contributed by atoms with van der Waals surface area (Å²) in [4.78, 5) is 11.0. The number of nitrogens with zero attached hydrogens (tertiary/aromatic N) is 2. The molecule has 0 spiro atoms. The summed E-state index contributed by atoms with van der Waals surface area (Å²) >= 11 is 0. The van der Waals surface area contributed by atoms with Crippen LogP contribution in [0.1, 0.15) is 21.6 Å². The minimum Gasteiger partial charge on any atom is -0.476 e. The normalized spacial score (nSPS) is 12.3. The SMILES string of the molecule is Cn1nc(C(=O)O)c2c1-c1ccccc1C2. The summed E-state index contributed by atoms with van der Waals surface area (Å²) in [5.41, 5.74) is 4.21. The number of aryl methyl sites for hydroxylation is 1. The smallest absolute Gasteiger partial charge is 0.356 e. The van der Waals surface area contributed by atoms with Gasteiger partial charge >= 0.3 is 5.97 Å². The van der Waals surface area contributed by atoms with Crippen LogP contribution in [0.3, 0.4) is 0 Å². The van der Waals surface area contributed by atoms with Crippen molar-refractivity contribution in [1.29, 1.82) is 0 Å². The molecule has 0 saturated carbocycles. The van der Waals surface area contributed by atoms with Gasteiger partial charge in [0.1, 0.15) is 0 Å². The van der Waals surface area contributed by atoms with Crippen molar-refractivity contribution in [3.05, 3.63) is 41.1 Å². The number of hydrogen-bond donors (Lipinski definition) is 1. The second-order valence-electron chi connectivity index (χ2n) is 3.94. The van der Waals surface area contributed by atoms with Gasteiger partial charge in [-0.3, -0.25) is 4.68 Å². The maximum Gasteiger partial charge on any atom is 0.356 e. The molecule has 1 N–H and O–H groups in total. The van der Waals surface area contributed by atoms with Crippen LogP contribution in [0, 0.1) is 0 Å². The molecule has 0 amide bonds. The van der Waals surface area contributed by atoms with E-state index in [1.807, 2.05) is 24.3 Å². The summed E-state index contributed by atoms with van der Waals surface area (Å²) < 4.78 is 1.66. The molecular weight excluding hydrogens is 204 g/mol. The minimum atomic E-state index is -0.954. The fraction of sp³-hybridized carbons (Fsp3) is 0.167. The summed E-state index contributed by atoms with van der Waals surface area (Å²) in [6, 6.07) is 7.97. The number of hydrogen-bond acceptors (Lipinski definition) is 2. The van der Waals surface area contributed by atoms with Crippen molar-refractivity contribution < 1.29 is 9.90 Å². The lowest BCUT2D eigenvalue weighted by molar-refractivity contribution is 0.0688. The Morgan fingerprint density at radius 2 is 2.19 bits per heavy atom. The Labute approximate surface area is 92.1 Å². The molecule has 1 aliphatic rings. The van der Waals surface area contributed by atoms with E-state index in [1.165, 1.54) is 5.56 Å². The van der Waals surface area contributed by atoms with Gasteiger partial charge in [-0.25, -0.2) is 4.79 Å². The van der Waals surface area contributed by atoms with E-state index in [1.54, 1.807) is 11.7 Å². The first-order valence-electron chi connectivity index (χ1n) is 5.06. The van der Waals surface area contributed by atoms with Crippen LogP contribution in [-0.2, 0) is 13.5 Å². The van der Waals surface area contributed by atoms with E-state index in [4.69, 9.17) is 5.11 Å². The predicted molar refractivity (Wildman–Crippen MR) is 58.4 cm³/mol. The van der Waals surface area contributed by atoms with Crippen LogP contribution >= 0.6 is 0 Å². The zero-order valence-corrected chi connectivity index (χ0v) is 8.77. The van der Waals surface area contributed by atoms with Crippen molar-refractivity contribution >= 4 is 5.97 Å². The molecule has 0 aliphatic heterocycles. The minimum absolute atomic E-state index is 0.175. The van der Waals surface area contributed by atoms with Crippen molar-refractivity contribution in [2.45, 2.75) is 6.42 Å². The highest BCUT2D eigenvalue weighted by Gasteiger charge is 2.28. The summed E-state index contributed by atoms with van der Waals surface area (Å²) in [6.45, 7) is 0. The van der Waals surface area contributed by atoms with Crippen LogP contribution in [0.15, 0.2) is 24.3 Å². The average molecular weight is 214 g/mol. The summed E-state index contributed by atoms with van der Waals surface area (Å²) in [7, 11) is 1.79. The molecule has 2 aromatic rings. The monoisotopic (exact) mass is 214 g/mol. The lowest BCUT2D eigenvalue weighted by atomic mass is 10.1. The first-order valence-corrected chi connectivity index (χ1v) is 5.06. The van der Waals surface area contributed by atoms with Gasteiger partial charge in [-0.2, -0.15) is 5.10 Å². The Morgan fingerprint density at radius 1 is 1.44 bits per heavy atom. The quantitative estimate of drug-likeness (QED) is 0.670. The Hall–Kier alpha value is -2.10. The Morgan fingerprint density at radius 3 is 2.94 bits per heavy atom. The molecule has 4 heteroatoms. The van der Waals surface area contributed by atoms with Gasteiger partial charge in [-0.1, -0.05) is 24.3 Å². The van der Waals surface area contributed by atoms with Crippen LogP contribution in [0.25, 0.3) is 11.3 Å². The molecule has 0 radical (unpaired) electrons. The first kappa shape index (κ1) is 9.15. The summed E-state index contributed by atoms with van der Waals surface area (Å²) in [5, 5.41) is 13.1. The zero-order valence-electron chi connectivity index (χ0n) is 8.77. The number of benzene rings is 1. The van der Waals surface area contributed by atoms with Crippen LogP contribution in [0.5, 0.6) is 0 Å². The largest absolute Gasteiger partial charge is 0.476 e. The molecule has 1 aliphatic carbocycles. The topological polar surface area (TPSA) is 55.1 Å². The van der Waals surface area contributed by atoms with Gasteiger partial charge in [0.15, 0.2) is 5.69 Å². The highest BCUT2D eigenvalue weighted by Crippen LogP contribution is 2.37. The van der Waals surface area contributed by atoms with Gasteiger partial charge in [0.2, 0.25) is 0 Å². The summed E-state index contributed by atoms with van der Waals surface area (Å²) in [6.07, 6.45) is 0.668. The fourth-order valence-corrected chi connectivity index (χ4v) is 2.34. The van der Waals surface area contributed by atoms with Crippen LogP contribution in [0.2, 0.25) is 0 Å². The molecule has 0 unspecified atom stereocenters. The maximum absolute atomic E-state index is 11.0. The maximum atomic E-state index is 11.0. The number of carbonyl (C=O) groups is 1. The third-order valence-corrected chi connectivity index (χ3v) is 2.99. The average Bonchev–Trinajstić information content (AvgIpc) is 2.76. The van der Waals surface area contributed by atoms with Crippen molar-refractivity contribution in [3.63, 3.8) is 0 Å². The van der Waals surface area contributed by atoms with Crippen LogP contribution in [0.4, 0.5) is 0 Å².